The third-order valence-corrected chi connectivity index (χ3v) is 7.98. The van der Waals surface area contributed by atoms with Gasteiger partial charge >= 0.3 is 0 Å². The first-order valence-electron chi connectivity index (χ1n) is 15.3. The molecule has 0 bridgehead atoms. The molecule has 2 aromatic carbocycles. The number of carbonyl (C=O) groups excluding carboxylic acids is 4. The molecule has 1 aromatic heterocycles. The Kier molecular flexibility index (Phi) is 16.8. The molecule has 0 saturated carbocycles. The highest BCUT2D eigenvalue weighted by atomic mass is 35.5. The molecule has 0 spiro atoms. The largest absolute Gasteiger partial charge is 0.494 e. The lowest BCUT2D eigenvalue weighted by Gasteiger charge is -2.31. The maximum atomic E-state index is 14.3. The number of nitrogens with zero attached hydrogens (tertiary/aromatic N) is 4. The van der Waals surface area contributed by atoms with Gasteiger partial charge in [-0.2, -0.15) is 4.39 Å². The first-order valence-corrected chi connectivity index (χ1v) is 15.7. The van der Waals surface area contributed by atoms with Crippen molar-refractivity contribution >= 4 is 41.9 Å². The van der Waals surface area contributed by atoms with Gasteiger partial charge in [-0.1, -0.05) is 11.6 Å². The maximum Gasteiger partial charge on any atom is 0.292 e. The van der Waals surface area contributed by atoms with E-state index in [2.05, 4.69) is 34.0 Å². The fraction of sp³-hybridized carbons (Fsp3) is 0.424. The zero-order valence-electron chi connectivity index (χ0n) is 28.5. The van der Waals surface area contributed by atoms with Crippen LogP contribution in [0.15, 0.2) is 36.5 Å². The van der Waals surface area contributed by atoms with E-state index in [4.69, 9.17) is 26.2 Å². The summed E-state index contributed by atoms with van der Waals surface area (Å²) < 4.78 is 38.3. The van der Waals surface area contributed by atoms with Crippen LogP contribution in [0.2, 0.25) is 5.02 Å². The standard InChI is InChI=1S/C19H14ClF2N3O3.C7H14N2O.C5H11NO.C2H4O2/c1-25-14(12-5-6-15(28-2)17(22)16(12)21)8-23-18(25)19(27)24-11-4-3-10(9-26)13(20)7-11;1-7(10)9-5-3-8(2)4-6-9;1-6-3-2-5(7)4-6;1-4-2-3/h3-9H,1-2H3,(H,24,27);3-6H2,1-2H3;5,7H,2-4H2,1H3;2H,1H3/p+1. The number of aldehydes is 1. The van der Waals surface area contributed by atoms with Crippen molar-refractivity contribution in [3.8, 4) is 17.0 Å². The summed E-state index contributed by atoms with van der Waals surface area (Å²) >= 11 is 5.94. The highest BCUT2D eigenvalue weighted by Crippen LogP contribution is 2.30. The molecule has 2 amide bonds. The molecule has 13 nitrogen and oxygen atoms in total. The van der Waals surface area contributed by atoms with Gasteiger partial charge in [0.25, 0.3) is 12.4 Å². The first-order chi connectivity index (χ1) is 23.3. The van der Waals surface area contributed by atoms with Gasteiger partial charge in [-0.05, 0) is 37.4 Å². The summed E-state index contributed by atoms with van der Waals surface area (Å²) in [5.74, 6) is -2.87. The molecule has 0 radical (unpaired) electrons. The number of imidazole rings is 1. The number of methoxy groups -OCH3 is 2. The summed E-state index contributed by atoms with van der Waals surface area (Å²) in [6.45, 7) is 7.91. The quantitative estimate of drug-likeness (QED) is 0.327. The highest BCUT2D eigenvalue weighted by Gasteiger charge is 2.22. The number of halogens is 3. The number of rotatable bonds is 6. The van der Waals surface area contributed by atoms with Crippen LogP contribution in [0.5, 0.6) is 5.75 Å². The molecule has 2 saturated heterocycles. The number of piperazine rings is 1. The predicted octanol–water partition coefficient (Wildman–Crippen LogP) is 1.93. The van der Waals surface area contributed by atoms with Crippen molar-refractivity contribution in [2.45, 2.75) is 19.4 Å². The lowest BCUT2D eigenvalue weighted by molar-refractivity contribution is -0.867. The molecule has 2 atom stereocenters. The van der Waals surface area contributed by atoms with Crippen molar-refractivity contribution in [3.63, 3.8) is 0 Å². The van der Waals surface area contributed by atoms with Crippen molar-refractivity contribution in [1.82, 2.24) is 19.4 Å². The van der Waals surface area contributed by atoms with Gasteiger partial charge in [-0.3, -0.25) is 19.2 Å². The third-order valence-electron chi connectivity index (χ3n) is 7.65. The number of hydrogen-bond acceptors (Lipinski definition) is 9. The molecule has 3 aromatic rings. The normalized spacial score (nSPS) is 16.8. The number of ether oxygens (including phenoxy) is 2. The first kappa shape index (κ1) is 40.7. The number of amides is 2. The number of hydrogen-bond donors (Lipinski definition) is 3. The third kappa shape index (κ3) is 12.2. The molecule has 2 aliphatic heterocycles. The van der Waals surface area contributed by atoms with Crippen LogP contribution in [0.25, 0.3) is 11.3 Å². The summed E-state index contributed by atoms with van der Waals surface area (Å²) in [4.78, 5) is 52.6. The zero-order chi connectivity index (χ0) is 36.7. The maximum absolute atomic E-state index is 14.3. The van der Waals surface area contributed by atoms with Gasteiger partial charge in [0.2, 0.25) is 11.7 Å². The lowest BCUT2D eigenvalue weighted by Crippen LogP contribution is -3.07. The smallest absolute Gasteiger partial charge is 0.292 e. The van der Waals surface area contributed by atoms with Crippen molar-refractivity contribution in [2.75, 3.05) is 72.9 Å². The van der Waals surface area contributed by atoms with Crippen LogP contribution >= 0.6 is 11.6 Å². The van der Waals surface area contributed by atoms with Crippen molar-refractivity contribution < 1.29 is 47.4 Å². The molecule has 49 heavy (non-hydrogen) atoms. The van der Waals surface area contributed by atoms with E-state index in [0.717, 1.165) is 45.7 Å². The Labute approximate surface area is 289 Å². The van der Waals surface area contributed by atoms with E-state index in [-0.39, 0.29) is 45.4 Å². The predicted molar refractivity (Wildman–Crippen MR) is 180 cm³/mol. The number of benzene rings is 2. The van der Waals surface area contributed by atoms with Crippen molar-refractivity contribution in [1.29, 1.82) is 0 Å². The molecule has 16 heteroatoms. The Morgan fingerprint density at radius 1 is 1.08 bits per heavy atom. The van der Waals surface area contributed by atoms with Crippen LogP contribution in [-0.4, -0.2) is 123 Å². The molecule has 2 fully saturated rings. The molecular weight excluding hydrogens is 666 g/mol. The van der Waals surface area contributed by atoms with Crippen LogP contribution < -0.4 is 15.0 Å². The molecule has 0 aliphatic carbocycles. The Morgan fingerprint density at radius 3 is 2.20 bits per heavy atom. The van der Waals surface area contributed by atoms with Crippen LogP contribution in [0.1, 0.15) is 34.3 Å². The van der Waals surface area contributed by atoms with E-state index in [1.807, 2.05) is 4.90 Å². The molecule has 2 aliphatic rings. The number of likely N-dealkylation sites (N-methyl/N-ethyl adjacent to an activating group) is 2. The van der Waals surface area contributed by atoms with Crippen LogP contribution in [0.3, 0.4) is 0 Å². The average molecular weight is 710 g/mol. The average Bonchev–Trinajstić information content (AvgIpc) is 3.66. The van der Waals surface area contributed by atoms with Crippen LogP contribution in [-0.2, 0) is 21.4 Å². The Balaban J connectivity index is 0.000000320. The minimum absolute atomic E-state index is 0.0139. The second kappa shape index (κ2) is 20.2. The van der Waals surface area contributed by atoms with Gasteiger partial charge in [0.1, 0.15) is 12.6 Å². The monoisotopic (exact) mass is 709 g/mol. The SMILES string of the molecule is CC(=O)N1CCN(C)CC1.COC=O.COc1ccc(-c2cnc(C(=O)Nc3ccc(C=O)c(Cl)c3)n2C)c(F)c1F.C[NH+]1CCC(O)C1. The van der Waals surface area contributed by atoms with Gasteiger partial charge in [0.05, 0.1) is 44.7 Å². The van der Waals surface area contributed by atoms with E-state index in [1.54, 1.807) is 6.92 Å². The number of nitrogens with one attached hydrogen (secondary N) is 2. The van der Waals surface area contributed by atoms with Crippen LogP contribution in [0.4, 0.5) is 14.5 Å². The number of aromatic nitrogens is 2. The Hall–Kier alpha value is -4.44. The zero-order valence-corrected chi connectivity index (χ0v) is 29.2. The van der Waals surface area contributed by atoms with Gasteiger partial charge in [0.15, 0.2) is 23.7 Å². The minimum Gasteiger partial charge on any atom is -0.494 e. The van der Waals surface area contributed by atoms with Crippen LogP contribution in [0, 0.1) is 11.6 Å². The Bertz CT molecular complexity index is 1560. The minimum atomic E-state index is -1.13. The van der Waals surface area contributed by atoms with E-state index >= 15 is 0 Å². The molecule has 3 heterocycles. The number of quaternary nitrogens is 1. The Morgan fingerprint density at radius 2 is 1.73 bits per heavy atom. The molecule has 3 N–H and O–H groups in total. The second-order valence-corrected chi connectivity index (χ2v) is 11.7. The van der Waals surface area contributed by atoms with Gasteiger partial charge in [0, 0.05) is 63.4 Å². The van der Waals surface area contributed by atoms with Crippen molar-refractivity contribution in [2.24, 2.45) is 7.05 Å². The lowest BCUT2D eigenvalue weighted by atomic mass is 10.1. The molecular formula is C33H44ClF2N6O7+. The molecule has 2 unspecified atom stereocenters. The summed E-state index contributed by atoms with van der Waals surface area (Å²) in [5, 5.41) is 11.7. The van der Waals surface area contributed by atoms with Gasteiger partial charge in [-0.25, -0.2) is 9.37 Å². The van der Waals surface area contributed by atoms with Gasteiger partial charge < -0.3 is 39.2 Å². The molecule has 5 rings (SSSR count). The fourth-order valence-electron chi connectivity index (χ4n) is 4.79. The fourth-order valence-corrected chi connectivity index (χ4v) is 5.01. The van der Waals surface area contributed by atoms with Crippen molar-refractivity contribution in [3.05, 3.63) is 64.6 Å². The molecule has 268 valence electrons. The number of likely N-dealkylation sites (tertiary alicyclic amines) is 1. The topological polar surface area (TPSA) is 148 Å². The summed E-state index contributed by atoms with van der Waals surface area (Å²) in [6, 6.07) is 7.02. The summed E-state index contributed by atoms with van der Waals surface area (Å²) in [5.41, 5.74) is 0.784. The number of aliphatic hydroxyl groups is 1. The number of anilines is 1. The van der Waals surface area contributed by atoms with E-state index in [0.29, 0.717) is 18.4 Å². The second-order valence-electron chi connectivity index (χ2n) is 11.3. The van der Waals surface area contributed by atoms with E-state index in [9.17, 15) is 23.2 Å². The van der Waals surface area contributed by atoms with Gasteiger partial charge in [-0.15, -0.1) is 0 Å². The number of carbonyl (C=O) groups is 4. The van der Waals surface area contributed by atoms with E-state index in [1.165, 1.54) is 67.3 Å². The highest BCUT2D eigenvalue weighted by molar-refractivity contribution is 6.33. The van der Waals surface area contributed by atoms with E-state index < -0.39 is 17.5 Å². The number of aliphatic hydroxyl groups excluding tert-OH is 1. The summed E-state index contributed by atoms with van der Waals surface area (Å²) in [7, 11) is 8.24. The summed E-state index contributed by atoms with van der Waals surface area (Å²) in [6.07, 6.45) is 2.84.